The smallest absolute Gasteiger partial charge is 0.137 e. The van der Waals surface area contributed by atoms with Crippen molar-refractivity contribution >= 4 is 0 Å². The van der Waals surface area contributed by atoms with Crippen molar-refractivity contribution in [2.24, 2.45) is 0 Å². The van der Waals surface area contributed by atoms with Crippen LogP contribution in [0.1, 0.15) is 24.1 Å². The second-order valence-corrected chi connectivity index (χ2v) is 6.69. The van der Waals surface area contributed by atoms with Gasteiger partial charge in [-0.25, -0.2) is 18.4 Å². The van der Waals surface area contributed by atoms with E-state index in [-0.39, 0.29) is 12.1 Å². The zero-order chi connectivity index (χ0) is 20.4. The van der Waals surface area contributed by atoms with Gasteiger partial charge in [0.05, 0.1) is 12.7 Å². The van der Waals surface area contributed by atoms with Crippen LogP contribution >= 0.6 is 0 Å². The van der Waals surface area contributed by atoms with Gasteiger partial charge in [0.1, 0.15) is 35.6 Å². The predicted octanol–water partition coefficient (Wildman–Crippen LogP) is 2.43. The number of H-pyrrole nitrogens is 1. The van der Waals surface area contributed by atoms with E-state index in [2.05, 4.69) is 30.5 Å². The summed E-state index contributed by atoms with van der Waals surface area (Å²) in [5.41, 5.74) is 0.0722. The molecule has 29 heavy (non-hydrogen) atoms. The monoisotopic (exact) mass is 397 g/mol. The maximum Gasteiger partial charge on any atom is 0.137 e. The molecule has 0 saturated heterocycles. The lowest BCUT2D eigenvalue weighted by Gasteiger charge is -2.34. The van der Waals surface area contributed by atoms with Gasteiger partial charge in [-0.3, -0.25) is 4.98 Å². The Morgan fingerprint density at radius 1 is 1.21 bits per heavy atom. The lowest BCUT2D eigenvalue weighted by Crippen LogP contribution is -2.38. The number of hydrogen-bond acceptors (Lipinski definition) is 6. The molecule has 0 aliphatic rings. The van der Waals surface area contributed by atoms with Crippen molar-refractivity contribution < 1.29 is 13.9 Å². The molecule has 3 heterocycles. The van der Waals surface area contributed by atoms with Crippen molar-refractivity contribution in [2.75, 3.05) is 0 Å². The molecular formula is C19H17F2N7O. The van der Waals surface area contributed by atoms with E-state index in [0.717, 1.165) is 17.7 Å². The van der Waals surface area contributed by atoms with Crippen LogP contribution in [0.25, 0.3) is 11.3 Å². The van der Waals surface area contributed by atoms with Crippen LogP contribution in [-0.4, -0.2) is 40.3 Å². The fraction of sp³-hybridized carbons (Fsp3) is 0.211. The van der Waals surface area contributed by atoms with Gasteiger partial charge in [0.2, 0.25) is 0 Å². The Bertz CT molecular complexity index is 1080. The van der Waals surface area contributed by atoms with Gasteiger partial charge in [-0.15, -0.1) is 0 Å². The molecule has 3 aromatic heterocycles. The number of rotatable bonds is 6. The van der Waals surface area contributed by atoms with Crippen LogP contribution in [0.15, 0.2) is 55.4 Å². The first kappa shape index (κ1) is 18.8. The SMILES string of the molecule is CC(c1ccc(-c2cn[nH]n2)cn1)C(O)(Cn1cncn1)c1ccc(F)cc1F. The first-order valence-electron chi connectivity index (χ1n) is 8.80. The largest absolute Gasteiger partial charge is 0.382 e. The molecule has 8 nitrogen and oxygen atoms in total. The molecule has 0 fully saturated rings. The zero-order valence-electron chi connectivity index (χ0n) is 15.4. The highest BCUT2D eigenvalue weighted by molar-refractivity contribution is 5.56. The van der Waals surface area contributed by atoms with Crippen molar-refractivity contribution in [3.8, 4) is 11.3 Å². The number of aromatic amines is 1. The third kappa shape index (κ3) is 3.61. The van der Waals surface area contributed by atoms with Crippen LogP contribution < -0.4 is 0 Å². The van der Waals surface area contributed by atoms with Crippen molar-refractivity contribution in [3.63, 3.8) is 0 Å². The average Bonchev–Trinajstić information content (AvgIpc) is 3.41. The lowest BCUT2D eigenvalue weighted by molar-refractivity contribution is -0.0123. The van der Waals surface area contributed by atoms with Gasteiger partial charge in [0.25, 0.3) is 0 Å². The first-order chi connectivity index (χ1) is 14.0. The fourth-order valence-corrected chi connectivity index (χ4v) is 3.26. The summed E-state index contributed by atoms with van der Waals surface area (Å²) < 4.78 is 29.4. The highest BCUT2D eigenvalue weighted by Gasteiger charge is 2.40. The molecule has 2 N–H and O–H groups in total. The minimum absolute atomic E-state index is 0.0516. The van der Waals surface area contributed by atoms with Crippen LogP contribution in [0.4, 0.5) is 8.78 Å². The number of aliphatic hydroxyl groups is 1. The van der Waals surface area contributed by atoms with E-state index in [1.54, 1.807) is 31.5 Å². The quantitative estimate of drug-likeness (QED) is 0.518. The van der Waals surface area contributed by atoms with E-state index in [1.807, 2.05) is 0 Å². The molecule has 0 radical (unpaired) electrons. The van der Waals surface area contributed by atoms with Crippen molar-refractivity contribution in [2.45, 2.75) is 25.0 Å². The fourth-order valence-electron chi connectivity index (χ4n) is 3.26. The highest BCUT2D eigenvalue weighted by atomic mass is 19.1. The molecule has 0 spiro atoms. The molecule has 1 aromatic carbocycles. The van der Waals surface area contributed by atoms with Gasteiger partial charge in [-0.05, 0) is 18.2 Å². The Morgan fingerprint density at radius 2 is 2.07 bits per heavy atom. The highest BCUT2D eigenvalue weighted by Crippen LogP contribution is 2.39. The van der Waals surface area contributed by atoms with Gasteiger partial charge in [0, 0.05) is 35.0 Å². The Hall–Kier alpha value is -3.53. The minimum Gasteiger partial charge on any atom is -0.382 e. The normalized spacial score (nSPS) is 14.5. The summed E-state index contributed by atoms with van der Waals surface area (Å²) in [6.45, 7) is 1.63. The second-order valence-electron chi connectivity index (χ2n) is 6.69. The molecular weight excluding hydrogens is 380 g/mol. The van der Waals surface area contributed by atoms with Gasteiger partial charge in [-0.2, -0.15) is 20.5 Å². The summed E-state index contributed by atoms with van der Waals surface area (Å²) >= 11 is 0. The van der Waals surface area contributed by atoms with Gasteiger partial charge in [0.15, 0.2) is 0 Å². The molecule has 0 bridgehead atoms. The van der Waals surface area contributed by atoms with E-state index in [0.29, 0.717) is 11.4 Å². The average molecular weight is 397 g/mol. The summed E-state index contributed by atoms with van der Waals surface area (Å²) in [4.78, 5) is 8.28. The first-order valence-corrected chi connectivity index (χ1v) is 8.80. The minimum atomic E-state index is -1.76. The van der Waals surface area contributed by atoms with Crippen LogP contribution in [0.5, 0.6) is 0 Å². The van der Waals surface area contributed by atoms with Crippen LogP contribution in [0, 0.1) is 11.6 Å². The van der Waals surface area contributed by atoms with Crippen molar-refractivity contribution in [3.05, 3.63) is 78.3 Å². The third-order valence-electron chi connectivity index (χ3n) is 4.92. The lowest BCUT2D eigenvalue weighted by atomic mass is 9.79. The number of halogens is 2. The Balaban J connectivity index is 1.74. The topological polar surface area (TPSA) is 105 Å². The standard InChI is InChI=1S/C19H17F2N7O/c1-12(17-5-2-13(7-23-17)18-8-24-27-26-18)19(29,9-28-11-22-10-25-28)15-4-3-14(20)6-16(15)21/h2-8,10-12,29H,9H2,1H3,(H,24,26,27). The maximum atomic E-state index is 14.6. The zero-order valence-corrected chi connectivity index (χ0v) is 15.4. The second kappa shape index (κ2) is 7.47. The Morgan fingerprint density at radius 3 is 2.69 bits per heavy atom. The van der Waals surface area contributed by atoms with E-state index in [9.17, 15) is 13.9 Å². The van der Waals surface area contributed by atoms with Gasteiger partial charge < -0.3 is 5.11 Å². The Kier molecular flexibility index (Phi) is 4.85. The number of benzene rings is 1. The van der Waals surface area contributed by atoms with E-state index < -0.39 is 23.2 Å². The molecule has 4 aromatic rings. The summed E-state index contributed by atoms with van der Waals surface area (Å²) in [5, 5.41) is 25.9. The van der Waals surface area contributed by atoms with E-state index >= 15 is 0 Å². The molecule has 0 amide bonds. The van der Waals surface area contributed by atoms with Crippen LogP contribution in [0.2, 0.25) is 0 Å². The van der Waals surface area contributed by atoms with E-state index in [1.165, 1.54) is 23.4 Å². The van der Waals surface area contributed by atoms with Crippen molar-refractivity contribution in [1.29, 1.82) is 0 Å². The summed E-state index contributed by atoms with van der Waals surface area (Å²) in [6, 6.07) is 6.60. The molecule has 10 heteroatoms. The Labute approximate surface area is 164 Å². The van der Waals surface area contributed by atoms with Crippen LogP contribution in [0.3, 0.4) is 0 Å². The van der Waals surface area contributed by atoms with Crippen LogP contribution in [-0.2, 0) is 12.1 Å². The predicted molar refractivity (Wildman–Crippen MR) is 98.3 cm³/mol. The van der Waals surface area contributed by atoms with Gasteiger partial charge >= 0.3 is 0 Å². The van der Waals surface area contributed by atoms with Crippen molar-refractivity contribution in [1.82, 2.24) is 35.2 Å². The number of hydrogen-bond donors (Lipinski definition) is 2. The number of pyridine rings is 1. The molecule has 148 valence electrons. The number of nitrogens with one attached hydrogen (secondary N) is 1. The third-order valence-corrected chi connectivity index (χ3v) is 4.92. The molecule has 0 aliphatic carbocycles. The van der Waals surface area contributed by atoms with E-state index in [4.69, 9.17) is 0 Å². The number of nitrogens with zero attached hydrogens (tertiary/aromatic N) is 6. The molecule has 2 unspecified atom stereocenters. The maximum absolute atomic E-state index is 14.6. The summed E-state index contributed by atoms with van der Waals surface area (Å²) in [6.07, 6.45) is 5.90. The number of aromatic nitrogens is 7. The molecule has 4 rings (SSSR count). The van der Waals surface area contributed by atoms with Gasteiger partial charge in [-0.1, -0.05) is 13.0 Å². The molecule has 0 aliphatic heterocycles. The molecule has 2 atom stereocenters. The summed E-state index contributed by atoms with van der Waals surface area (Å²) in [7, 11) is 0. The summed E-state index contributed by atoms with van der Waals surface area (Å²) in [5.74, 6) is -2.23. The molecule has 0 saturated carbocycles.